The predicted octanol–water partition coefficient (Wildman–Crippen LogP) is 1.26. The molecule has 0 bridgehead atoms. The van der Waals surface area contributed by atoms with Crippen LogP contribution in [-0.4, -0.2) is 10.9 Å². The van der Waals surface area contributed by atoms with E-state index in [4.69, 9.17) is 4.74 Å². The van der Waals surface area contributed by atoms with Gasteiger partial charge in [-0.2, -0.15) is 0 Å². The lowest BCUT2D eigenvalue weighted by Gasteiger charge is -2.09. The Hall–Kier alpha value is -1.51. The molecule has 1 aliphatic rings. The molecule has 3 heteroatoms. The van der Waals surface area contributed by atoms with Crippen LogP contribution < -0.4 is 0 Å². The first-order valence-electron chi connectivity index (χ1n) is 3.35. The van der Waals surface area contributed by atoms with Crippen LogP contribution in [-0.2, 0) is 11.3 Å². The van der Waals surface area contributed by atoms with Gasteiger partial charge in [-0.3, -0.25) is 4.79 Å². The van der Waals surface area contributed by atoms with E-state index < -0.39 is 0 Å². The third-order valence-electron chi connectivity index (χ3n) is 1.72. The van der Waals surface area contributed by atoms with Gasteiger partial charge in [-0.1, -0.05) is 0 Å². The predicted molar refractivity (Wildman–Crippen MR) is 39.9 cm³/mol. The molecule has 0 radical (unpaired) electrons. The van der Waals surface area contributed by atoms with Gasteiger partial charge in [0.1, 0.15) is 12.9 Å². The quantitative estimate of drug-likeness (QED) is 0.563. The molecule has 0 spiro atoms. The number of hydrogen-bond acceptors (Lipinski definition) is 2. The maximum Gasteiger partial charge on any atom is 0.152 e. The molecular weight excluding hydrogens is 142 g/mol. The second-order valence-corrected chi connectivity index (χ2v) is 2.34. The molecule has 0 fully saturated rings. The SMILES string of the molecule is O=Cc1ccn2c1COC=C2. The Bertz CT molecular complexity index is 312. The zero-order chi connectivity index (χ0) is 7.68. The van der Waals surface area contributed by atoms with Gasteiger partial charge >= 0.3 is 0 Å². The number of fused-ring (bicyclic) bond motifs is 1. The highest BCUT2D eigenvalue weighted by molar-refractivity contribution is 5.77. The van der Waals surface area contributed by atoms with Crippen LogP contribution in [0.4, 0.5) is 0 Å². The van der Waals surface area contributed by atoms with Crippen molar-refractivity contribution in [1.82, 2.24) is 4.57 Å². The van der Waals surface area contributed by atoms with Gasteiger partial charge < -0.3 is 9.30 Å². The standard InChI is InChI=1S/C8H7NO2/c10-5-7-1-2-9-3-4-11-6-8(7)9/h1-5H,6H2. The normalized spacial score (nSPS) is 13.8. The molecule has 0 saturated carbocycles. The van der Waals surface area contributed by atoms with Crippen LogP contribution in [0.3, 0.4) is 0 Å². The van der Waals surface area contributed by atoms with Gasteiger partial charge in [0.15, 0.2) is 6.29 Å². The van der Waals surface area contributed by atoms with Crippen LogP contribution in [0.25, 0.3) is 6.20 Å². The van der Waals surface area contributed by atoms with Crippen LogP contribution >= 0.6 is 0 Å². The van der Waals surface area contributed by atoms with Crippen molar-refractivity contribution >= 4 is 12.5 Å². The number of carbonyl (C=O) groups is 1. The molecule has 1 aromatic rings. The zero-order valence-electron chi connectivity index (χ0n) is 5.86. The summed E-state index contributed by atoms with van der Waals surface area (Å²) >= 11 is 0. The van der Waals surface area contributed by atoms with Crippen molar-refractivity contribution in [1.29, 1.82) is 0 Å². The molecule has 56 valence electrons. The monoisotopic (exact) mass is 149 g/mol. The number of rotatable bonds is 1. The lowest BCUT2D eigenvalue weighted by atomic mass is 10.3. The summed E-state index contributed by atoms with van der Waals surface area (Å²) < 4.78 is 6.92. The zero-order valence-corrected chi connectivity index (χ0v) is 5.86. The first kappa shape index (κ1) is 6.22. The topological polar surface area (TPSA) is 31.2 Å². The molecule has 1 aliphatic heterocycles. The van der Waals surface area contributed by atoms with Crippen molar-refractivity contribution in [2.45, 2.75) is 6.61 Å². The lowest BCUT2D eigenvalue weighted by molar-refractivity contribution is 0.111. The first-order valence-corrected chi connectivity index (χ1v) is 3.35. The summed E-state index contributed by atoms with van der Waals surface area (Å²) in [4.78, 5) is 10.4. The Labute approximate surface area is 63.9 Å². The van der Waals surface area contributed by atoms with Gasteiger partial charge in [0, 0.05) is 18.0 Å². The summed E-state index contributed by atoms with van der Waals surface area (Å²) in [6.45, 7) is 0.484. The third-order valence-corrected chi connectivity index (χ3v) is 1.72. The summed E-state index contributed by atoms with van der Waals surface area (Å²) in [5.74, 6) is 0. The number of nitrogens with zero attached hydrogens (tertiary/aromatic N) is 1. The number of aromatic nitrogens is 1. The van der Waals surface area contributed by atoms with Crippen molar-refractivity contribution in [3.05, 3.63) is 29.8 Å². The Kier molecular flexibility index (Phi) is 1.28. The Morgan fingerprint density at radius 1 is 1.64 bits per heavy atom. The molecule has 0 amide bonds. The summed E-state index contributed by atoms with van der Waals surface area (Å²) in [6, 6.07) is 1.78. The summed E-state index contributed by atoms with van der Waals surface area (Å²) in [6.07, 6.45) is 6.08. The lowest BCUT2D eigenvalue weighted by Crippen LogP contribution is -2.02. The van der Waals surface area contributed by atoms with E-state index in [0.29, 0.717) is 12.2 Å². The molecule has 0 atom stereocenters. The van der Waals surface area contributed by atoms with Gasteiger partial charge in [-0.25, -0.2) is 0 Å². The summed E-state index contributed by atoms with van der Waals surface area (Å²) in [5, 5.41) is 0. The number of ether oxygens (including phenoxy) is 1. The molecule has 2 heterocycles. The average Bonchev–Trinajstić information content (AvgIpc) is 2.47. The minimum absolute atomic E-state index is 0.484. The van der Waals surface area contributed by atoms with Gasteiger partial charge in [0.05, 0.1) is 5.69 Å². The van der Waals surface area contributed by atoms with Crippen molar-refractivity contribution in [3.63, 3.8) is 0 Å². The smallest absolute Gasteiger partial charge is 0.152 e. The molecule has 2 rings (SSSR count). The number of hydrogen-bond donors (Lipinski definition) is 0. The third kappa shape index (κ3) is 0.852. The minimum Gasteiger partial charge on any atom is -0.493 e. The fraction of sp³-hybridized carbons (Fsp3) is 0.125. The molecule has 0 saturated heterocycles. The average molecular weight is 149 g/mol. The fourth-order valence-corrected chi connectivity index (χ4v) is 1.14. The highest BCUT2D eigenvalue weighted by Crippen LogP contribution is 2.14. The molecule has 1 aromatic heterocycles. The first-order chi connectivity index (χ1) is 5.42. The van der Waals surface area contributed by atoms with Gasteiger partial charge in [-0.15, -0.1) is 0 Å². The summed E-state index contributed by atoms with van der Waals surface area (Å²) in [5.41, 5.74) is 1.62. The largest absolute Gasteiger partial charge is 0.493 e. The molecular formula is C8H7NO2. The van der Waals surface area contributed by atoms with E-state index in [9.17, 15) is 4.79 Å². The Balaban J connectivity index is 2.55. The van der Waals surface area contributed by atoms with Crippen LogP contribution in [0, 0.1) is 0 Å². The van der Waals surface area contributed by atoms with Crippen molar-refractivity contribution in [2.75, 3.05) is 0 Å². The van der Waals surface area contributed by atoms with Crippen molar-refractivity contribution in [2.24, 2.45) is 0 Å². The van der Waals surface area contributed by atoms with E-state index in [2.05, 4.69) is 0 Å². The number of carbonyl (C=O) groups excluding carboxylic acids is 1. The van der Waals surface area contributed by atoms with E-state index in [1.54, 1.807) is 18.5 Å². The Morgan fingerprint density at radius 3 is 3.36 bits per heavy atom. The van der Waals surface area contributed by atoms with E-state index >= 15 is 0 Å². The second-order valence-electron chi connectivity index (χ2n) is 2.34. The van der Waals surface area contributed by atoms with Crippen LogP contribution in [0.2, 0.25) is 0 Å². The van der Waals surface area contributed by atoms with E-state index in [0.717, 1.165) is 12.0 Å². The Morgan fingerprint density at radius 2 is 2.55 bits per heavy atom. The van der Waals surface area contributed by atoms with Crippen LogP contribution in [0.5, 0.6) is 0 Å². The minimum atomic E-state index is 0.484. The maximum absolute atomic E-state index is 10.4. The second kappa shape index (κ2) is 2.27. The van der Waals surface area contributed by atoms with Gasteiger partial charge in [0.25, 0.3) is 0 Å². The van der Waals surface area contributed by atoms with Crippen molar-refractivity contribution in [3.8, 4) is 0 Å². The van der Waals surface area contributed by atoms with Crippen molar-refractivity contribution < 1.29 is 9.53 Å². The highest BCUT2D eigenvalue weighted by Gasteiger charge is 2.08. The molecule has 0 aliphatic carbocycles. The van der Waals surface area contributed by atoms with Gasteiger partial charge in [0.2, 0.25) is 0 Å². The molecule has 11 heavy (non-hydrogen) atoms. The van der Waals surface area contributed by atoms with E-state index in [1.165, 1.54) is 0 Å². The molecule has 0 aromatic carbocycles. The van der Waals surface area contributed by atoms with E-state index in [1.807, 2.05) is 10.8 Å². The molecule has 3 nitrogen and oxygen atoms in total. The maximum atomic E-state index is 10.4. The molecule has 0 unspecified atom stereocenters. The van der Waals surface area contributed by atoms with Crippen LogP contribution in [0.1, 0.15) is 16.1 Å². The fourth-order valence-electron chi connectivity index (χ4n) is 1.14. The van der Waals surface area contributed by atoms with Gasteiger partial charge in [-0.05, 0) is 6.07 Å². The van der Waals surface area contributed by atoms with E-state index in [-0.39, 0.29) is 0 Å². The highest BCUT2D eigenvalue weighted by atomic mass is 16.5. The molecule has 0 N–H and O–H groups in total. The summed E-state index contributed by atoms with van der Waals surface area (Å²) in [7, 11) is 0. The number of aldehydes is 1. The van der Waals surface area contributed by atoms with Crippen LogP contribution in [0.15, 0.2) is 18.5 Å².